The summed E-state index contributed by atoms with van der Waals surface area (Å²) in [7, 11) is 0. The van der Waals surface area contributed by atoms with Crippen molar-refractivity contribution >= 4 is 5.78 Å². The van der Waals surface area contributed by atoms with Crippen molar-refractivity contribution in [3.8, 4) is 22.6 Å². The Kier molecular flexibility index (Phi) is 7.31. The molecule has 1 aliphatic rings. The highest BCUT2D eigenvalue weighted by atomic mass is 19.1. The van der Waals surface area contributed by atoms with Gasteiger partial charge in [-0.2, -0.15) is 5.10 Å². The van der Waals surface area contributed by atoms with Gasteiger partial charge in [-0.3, -0.25) is 14.5 Å². The number of halogens is 2. The number of hydrogen-bond donors (Lipinski definition) is 0. The summed E-state index contributed by atoms with van der Waals surface area (Å²) >= 11 is 0. The molecule has 184 valence electrons. The predicted molar refractivity (Wildman–Crippen MR) is 136 cm³/mol. The van der Waals surface area contributed by atoms with Crippen LogP contribution in [0.3, 0.4) is 0 Å². The molecular formula is C30H29F2N3O. The molecule has 2 heterocycles. The molecule has 0 unspecified atom stereocenters. The first kappa shape index (κ1) is 24.0. The molecule has 0 radical (unpaired) electrons. The van der Waals surface area contributed by atoms with Gasteiger partial charge in [0.05, 0.1) is 23.3 Å². The molecule has 0 atom stereocenters. The van der Waals surface area contributed by atoms with E-state index in [1.54, 1.807) is 22.9 Å². The summed E-state index contributed by atoms with van der Waals surface area (Å²) in [6.07, 6.45) is 7.12. The topological polar surface area (TPSA) is 47.8 Å². The van der Waals surface area contributed by atoms with Gasteiger partial charge in [-0.25, -0.2) is 8.78 Å². The Morgan fingerprint density at radius 1 is 0.833 bits per heavy atom. The highest BCUT2D eigenvalue weighted by molar-refractivity contribution is 5.81. The molecule has 2 aromatic carbocycles. The van der Waals surface area contributed by atoms with Crippen molar-refractivity contribution in [3.05, 3.63) is 96.2 Å². The standard InChI is InChI=1S/C30H29F2N3O/c31-25-14-12-23(13-15-25)28-18-29(27-17-16-26(32)19-33-27)35(34-28)20-30(36)24-10-4-8-22(9-5-11-24)21-6-2-1-3-7-21/h1-3,6-7,12-19,22,24H,4-5,8-11,20H2. The average Bonchev–Trinajstić information content (AvgIpc) is 3.29. The maximum atomic E-state index is 13.5. The minimum Gasteiger partial charge on any atom is -0.297 e. The zero-order valence-corrected chi connectivity index (χ0v) is 20.1. The molecular weight excluding hydrogens is 456 g/mol. The second kappa shape index (κ2) is 10.9. The van der Waals surface area contributed by atoms with Crippen LogP contribution in [0.4, 0.5) is 8.78 Å². The summed E-state index contributed by atoms with van der Waals surface area (Å²) in [4.78, 5) is 17.6. The molecule has 2 aromatic heterocycles. The van der Waals surface area contributed by atoms with Gasteiger partial charge in [0.25, 0.3) is 0 Å². The molecule has 0 bridgehead atoms. The van der Waals surface area contributed by atoms with E-state index in [0.29, 0.717) is 23.0 Å². The molecule has 5 rings (SSSR count). The fourth-order valence-electron chi connectivity index (χ4n) is 5.20. The SMILES string of the molecule is O=C(Cn1nc(-c2ccc(F)cc2)cc1-c1ccc(F)cn1)C1CCCC(c2ccccc2)CCC1. The number of Topliss-reactive ketones (excluding diaryl/α,β-unsaturated/α-hetero) is 1. The van der Waals surface area contributed by atoms with Crippen molar-refractivity contribution in [3.63, 3.8) is 0 Å². The van der Waals surface area contributed by atoms with Gasteiger partial charge in [-0.05, 0) is 79.6 Å². The Hall–Kier alpha value is -3.67. The van der Waals surface area contributed by atoms with Crippen LogP contribution in [-0.4, -0.2) is 20.5 Å². The largest absolute Gasteiger partial charge is 0.297 e. The smallest absolute Gasteiger partial charge is 0.157 e. The molecule has 36 heavy (non-hydrogen) atoms. The van der Waals surface area contributed by atoms with Crippen molar-refractivity contribution < 1.29 is 13.6 Å². The summed E-state index contributed by atoms with van der Waals surface area (Å²) < 4.78 is 28.6. The van der Waals surface area contributed by atoms with Gasteiger partial charge in [-0.15, -0.1) is 0 Å². The molecule has 4 nitrogen and oxygen atoms in total. The van der Waals surface area contributed by atoms with Crippen LogP contribution >= 0.6 is 0 Å². The maximum Gasteiger partial charge on any atom is 0.157 e. The molecule has 1 aliphatic carbocycles. The predicted octanol–water partition coefficient (Wildman–Crippen LogP) is 7.21. The molecule has 0 saturated heterocycles. The van der Waals surface area contributed by atoms with Gasteiger partial charge in [0, 0.05) is 11.5 Å². The number of hydrogen-bond acceptors (Lipinski definition) is 3. The van der Waals surface area contributed by atoms with E-state index in [9.17, 15) is 13.6 Å². The van der Waals surface area contributed by atoms with Gasteiger partial charge in [0.2, 0.25) is 0 Å². The third-order valence-electron chi connectivity index (χ3n) is 7.15. The third-order valence-corrected chi connectivity index (χ3v) is 7.15. The summed E-state index contributed by atoms with van der Waals surface area (Å²) in [5.74, 6) is -0.0437. The Morgan fingerprint density at radius 3 is 2.19 bits per heavy atom. The van der Waals surface area contributed by atoms with E-state index in [1.165, 1.54) is 23.8 Å². The number of pyridine rings is 1. The van der Waals surface area contributed by atoms with Crippen LogP contribution in [0.25, 0.3) is 22.6 Å². The van der Waals surface area contributed by atoms with Gasteiger partial charge >= 0.3 is 0 Å². The zero-order valence-electron chi connectivity index (χ0n) is 20.1. The maximum absolute atomic E-state index is 13.5. The summed E-state index contributed by atoms with van der Waals surface area (Å²) in [5.41, 5.74) is 3.92. The summed E-state index contributed by atoms with van der Waals surface area (Å²) in [6, 6.07) is 21.5. The highest BCUT2D eigenvalue weighted by Crippen LogP contribution is 2.33. The van der Waals surface area contributed by atoms with Crippen molar-refractivity contribution in [1.29, 1.82) is 0 Å². The van der Waals surface area contributed by atoms with Crippen molar-refractivity contribution in [1.82, 2.24) is 14.8 Å². The van der Waals surface area contributed by atoms with Crippen molar-refractivity contribution in [2.75, 3.05) is 0 Å². The minimum atomic E-state index is -0.428. The monoisotopic (exact) mass is 485 g/mol. The van der Waals surface area contributed by atoms with E-state index in [4.69, 9.17) is 0 Å². The lowest BCUT2D eigenvalue weighted by molar-refractivity contribution is -0.124. The quantitative estimate of drug-likeness (QED) is 0.290. The number of aromatic nitrogens is 3. The van der Waals surface area contributed by atoms with E-state index in [2.05, 4.69) is 34.3 Å². The summed E-state index contributed by atoms with van der Waals surface area (Å²) in [6.45, 7) is 0.127. The molecule has 0 aliphatic heterocycles. The van der Waals surface area contributed by atoms with Crippen LogP contribution < -0.4 is 0 Å². The first-order valence-electron chi connectivity index (χ1n) is 12.6. The Labute approximate surface area is 210 Å². The molecule has 4 aromatic rings. The van der Waals surface area contributed by atoms with E-state index >= 15 is 0 Å². The average molecular weight is 486 g/mol. The zero-order chi connectivity index (χ0) is 24.9. The van der Waals surface area contributed by atoms with Gasteiger partial charge < -0.3 is 0 Å². The number of carbonyl (C=O) groups is 1. The van der Waals surface area contributed by atoms with Crippen LogP contribution in [0.15, 0.2) is 79.0 Å². The van der Waals surface area contributed by atoms with E-state index in [-0.39, 0.29) is 24.1 Å². The minimum absolute atomic E-state index is 0.00535. The van der Waals surface area contributed by atoms with Crippen LogP contribution in [0.1, 0.15) is 50.0 Å². The fraction of sp³-hybridized carbons (Fsp3) is 0.300. The second-order valence-corrected chi connectivity index (χ2v) is 9.57. The first-order chi connectivity index (χ1) is 17.6. The molecule has 1 fully saturated rings. The molecule has 1 saturated carbocycles. The Morgan fingerprint density at radius 2 is 1.53 bits per heavy atom. The number of rotatable bonds is 6. The van der Waals surface area contributed by atoms with Crippen molar-refractivity contribution in [2.45, 2.75) is 51.0 Å². The van der Waals surface area contributed by atoms with Gasteiger partial charge in [0.15, 0.2) is 5.78 Å². The number of benzene rings is 2. The third kappa shape index (κ3) is 5.59. The fourth-order valence-corrected chi connectivity index (χ4v) is 5.20. The normalized spacial score (nSPS) is 18.4. The number of ketones is 1. The first-order valence-corrected chi connectivity index (χ1v) is 12.6. The second-order valence-electron chi connectivity index (χ2n) is 9.57. The van der Waals surface area contributed by atoms with Crippen LogP contribution in [-0.2, 0) is 11.3 Å². The van der Waals surface area contributed by atoms with E-state index in [1.807, 2.05) is 12.1 Å². The molecule has 0 amide bonds. The summed E-state index contributed by atoms with van der Waals surface area (Å²) in [5, 5.41) is 4.68. The number of carbonyl (C=O) groups excluding carboxylic acids is 1. The van der Waals surface area contributed by atoms with E-state index < -0.39 is 5.82 Å². The van der Waals surface area contributed by atoms with Gasteiger partial charge in [-0.1, -0.05) is 43.2 Å². The lowest BCUT2D eigenvalue weighted by Gasteiger charge is -2.24. The van der Waals surface area contributed by atoms with Gasteiger partial charge in [0.1, 0.15) is 18.2 Å². The Balaban J connectivity index is 1.33. The molecule has 0 spiro atoms. The lowest BCUT2D eigenvalue weighted by Crippen LogP contribution is -2.23. The van der Waals surface area contributed by atoms with Crippen LogP contribution in [0.5, 0.6) is 0 Å². The Bertz CT molecular complexity index is 1290. The van der Waals surface area contributed by atoms with Crippen LogP contribution in [0, 0.1) is 17.6 Å². The molecule has 6 heteroatoms. The lowest BCUT2D eigenvalue weighted by atomic mass is 9.81. The number of nitrogens with zero attached hydrogens (tertiary/aromatic N) is 3. The van der Waals surface area contributed by atoms with Crippen LogP contribution in [0.2, 0.25) is 0 Å². The highest BCUT2D eigenvalue weighted by Gasteiger charge is 2.24. The van der Waals surface area contributed by atoms with Crippen molar-refractivity contribution in [2.24, 2.45) is 5.92 Å². The van der Waals surface area contributed by atoms with E-state index in [0.717, 1.165) is 50.3 Å². The molecule has 0 N–H and O–H groups in total.